The Morgan fingerprint density at radius 1 is 0.413 bits per heavy atom. The molecule has 234 valence electrons. The van der Waals surface area contributed by atoms with E-state index in [9.17, 15) is 10.2 Å². The minimum atomic E-state index is -0.284. The molecule has 2 unspecified atom stereocenters. The van der Waals surface area contributed by atoms with Crippen LogP contribution in [0.2, 0.25) is 0 Å². The van der Waals surface area contributed by atoms with Crippen molar-refractivity contribution in [3.63, 3.8) is 0 Å². The molecule has 0 radical (unpaired) electrons. The fraction of sp³-hybridized carbons (Fsp3) is 0.273. The number of phenols is 2. The maximum atomic E-state index is 11.6. The van der Waals surface area contributed by atoms with Crippen LogP contribution < -0.4 is 0 Å². The normalized spacial score (nSPS) is 13.2. The Kier molecular flexibility index (Phi) is 8.42. The molecule has 0 heterocycles. The Morgan fingerprint density at radius 3 is 1.13 bits per heavy atom. The zero-order valence-electron chi connectivity index (χ0n) is 28.4. The van der Waals surface area contributed by atoms with Crippen LogP contribution >= 0.6 is 0 Å². The van der Waals surface area contributed by atoms with E-state index in [1.165, 1.54) is 66.8 Å². The van der Waals surface area contributed by atoms with Crippen molar-refractivity contribution in [3.8, 4) is 33.8 Å². The van der Waals surface area contributed by atoms with E-state index in [1.807, 2.05) is 24.3 Å². The van der Waals surface area contributed by atoms with Crippen molar-refractivity contribution < 1.29 is 10.2 Å². The van der Waals surface area contributed by atoms with Crippen LogP contribution in [0.4, 0.5) is 0 Å². The van der Waals surface area contributed by atoms with Crippen molar-refractivity contribution in [2.24, 2.45) is 0 Å². The highest BCUT2D eigenvalue weighted by atomic mass is 16.3. The van der Waals surface area contributed by atoms with Gasteiger partial charge in [0.1, 0.15) is 11.5 Å². The van der Waals surface area contributed by atoms with Crippen LogP contribution in [0, 0.1) is 27.7 Å². The molecule has 2 N–H and O–H groups in total. The van der Waals surface area contributed by atoms with Crippen LogP contribution in [-0.2, 0) is 0 Å². The topological polar surface area (TPSA) is 40.5 Å². The molecule has 2 heteroatoms. The molecular formula is C44H46O2. The third-order valence-electron chi connectivity index (χ3n) is 10.1. The second-order valence-electron chi connectivity index (χ2n) is 13.8. The van der Waals surface area contributed by atoms with Gasteiger partial charge in [0.25, 0.3) is 0 Å². The van der Waals surface area contributed by atoms with E-state index >= 15 is 0 Å². The number of aromatic hydroxyl groups is 2. The fourth-order valence-corrected chi connectivity index (χ4v) is 7.53. The second kappa shape index (κ2) is 12.3. The molecule has 2 aromatic carbocycles. The molecule has 0 bridgehead atoms. The van der Waals surface area contributed by atoms with Gasteiger partial charge in [-0.25, -0.2) is 0 Å². The third-order valence-corrected chi connectivity index (χ3v) is 10.1. The molecule has 4 aliphatic carbocycles. The summed E-state index contributed by atoms with van der Waals surface area (Å²) in [5, 5.41) is 23.2. The van der Waals surface area contributed by atoms with Gasteiger partial charge < -0.3 is 10.2 Å². The standard InChI is InChI=1S/C44H46O2/c1-25(2)31-19-17-27(5)41-35(23-31)29(7)21-37(41)43(33-13-9-11-15-39(33)45)44(34-14-10-12-16-40(34)46)38-22-30(8)36-24-32(26(3)4)20-18-28(6)42(36)38/h9-26,43-46H,1-8H3. The van der Waals surface area contributed by atoms with E-state index < -0.39 is 0 Å². The Balaban J connectivity index is 1.74. The quantitative estimate of drug-likeness (QED) is 0.190. The zero-order valence-corrected chi connectivity index (χ0v) is 28.4. The monoisotopic (exact) mass is 606 g/mol. The maximum Gasteiger partial charge on any atom is 0.119 e. The molecule has 0 aromatic heterocycles. The summed E-state index contributed by atoms with van der Waals surface area (Å²) in [4.78, 5) is 0. The van der Waals surface area contributed by atoms with Gasteiger partial charge in [-0.15, -0.1) is 0 Å². The Morgan fingerprint density at radius 2 is 0.783 bits per heavy atom. The number of hydrogen-bond acceptors (Lipinski definition) is 2. The molecule has 0 fully saturated rings. The molecule has 2 atom stereocenters. The first kappa shape index (κ1) is 31.4. The summed E-state index contributed by atoms with van der Waals surface area (Å²) in [5.74, 6) is 0.751. The van der Waals surface area contributed by atoms with E-state index in [0.717, 1.165) is 11.1 Å². The van der Waals surface area contributed by atoms with E-state index in [-0.39, 0.29) is 23.3 Å². The van der Waals surface area contributed by atoms with Gasteiger partial charge in [0.05, 0.1) is 0 Å². The predicted molar refractivity (Wildman–Crippen MR) is 193 cm³/mol. The molecule has 2 nitrogen and oxygen atoms in total. The largest absolute Gasteiger partial charge is 0.508 e. The lowest BCUT2D eigenvalue weighted by Crippen LogP contribution is -2.16. The van der Waals surface area contributed by atoms with Crippen molar-refractivity contribution in [1.29, 1.82) is 0 Å². The second-order valence-corrected chi connectivity index (χ2v) is 13.8. The van der Waals surface area contributed by atoms with Crippen molar-refractivity contribution in [1.82, 2.24) is 0 Å². The molecule has 2 aromatic rings. The van der Waals surface area contributed by atoms with Gasteiger partial charge in [-0.1, -0.05) is 113 Å². The van der Waals surface area contributed by atoms with E-state index in [1.54, 1.807) is 12.1 Å². The van der Waals surface area contributed by atoms with Gasteiger partial charge in [-0.3, -0.25) is 0 Å². The predicted octanol–water partition coefficient (Wildman–Crippen LogP) is 11.8. The van der Waals surface area contributed by atoms with Crippen LogP contribution in [-0.4, -0.2) is 10.2 Å². The van der Waals surface area contributed by atoms with Gasteiger partial charge in [0.15, 0.2) is 0 Å². The van der Waals surface area contributed by atoms with Crippen LogP contribution in [0.5, 0.6) is 11.5 Å². The lowest BCUT2D eigenvalue weighted by molar-refractivity contribution is 0.451. The molecule has 4 aliphatic rings. The first-order valence-electron chi connectivity index (χ1n) is 16.6. The number of rotatable bonds is 7. The van der Waals surface area contributed by atoms with Gasteiger partial charge in [-0.05, 0) is 118 Å². The average Bonchev–Trinajstić information content (AvgIpc) is 3.35. The molecule has 0 saturated carbocycles. The molecule has 0 amide bonds. The minimum absolute atomic E-state index is 0.262. The van der Waals surface area contributed by atoms with Crippen LogP contribution in [0.25, 0.3) is 22.3 Å². The number of para-hydroxylation sites is 2. The molecule has 46 heavy (non-hydrogen) atoms. The maximum absolute atomic E-state index is 11.6. The van der Waals surface area contributed by atoms with Crippen molar-refractivity contribution in [2.75, 3.05) is 0 Å². The van der Waals surface area contributed by atoms with Gasteiger partial charge in [0.2, 0.25) is 0 Å². The highest BCUT2D eigenvalue weighted by Gasteiger charge is 2.37. The highest BCUT2D eigenvalue weighted by molar-refractivity contribution is 5.83. The third kappa shape index (κ3) is 5.45. The lowest BCUT2D eigenvalue weighted by atomic mass is 9.71. The lowest BCUT2D eigenvalue weighted by Gasteiger charge is -2.31. The van der Waals surface area contributed by atoms with Gasteiger partial charge >= 0.3 is 0 Å². The molecular weight excluding hydrogens is 560 g/mol. The smallest absolute Gasteiger partial charge is 0.119 e. The first-order chi connectivity index (χ1) is 22.0. The van der Waals surface area contributed by atoms with Crippen LogP contribution in [0.1, 0.15) is 107 Å². The number of hydrogen-bond donors (Lipinski definition) is 2. The van der Waals surface area contributed by atoms with E-state index in [0.29, 0.717) is 11.8 Å². The summed E-state index contributed by atoms with van der Waals surface area (Å²) in [6.45, 7) is 17.8. The van der Waals surface area contributed by atoms with Crippen molar-refractivity contribution >= 4 is 0 Å². The summed E-state index contributed by atoms with van der Waals surface area (Å²) in [6.07, 6.45) is 0. The van der Waals surface area contributed by atoms with Crippen molar-refractivity contribution in [3.05, 3.63) is 153 Å². The Hall–Kier alpha value is -4.56. The number of benzene rings is 2. The summed E-state index contributed by atoms with van der Waals surface area (Å²) in [7, 11) is 0. The number of phenolic OH excluding ortho intramolecular Hbond substituents is 2. The van der Waals surface area contributed by atoms with Gasteiger partial charge in [-0.2, -0.15) is 0 Å². The molecule has 6 rings (SSSR count). The summed E-state index contributed by atoms with van der Waals surface area (Å²) in [5.41, 5.74) is 16.4. The highest BCUT2D eigenvalue weighted by Crippen LogP contribution is 2.55. The Labute approximate surface area is 275 Å². The van der Waals surface area contributed by atoms with Crippen LogP contribution in [0.15, 0.2) is 97.1 Å². The zero-order chi connectivity index (χ0) is 32.9. The number of aryl methyl sites for hydroxylation is 4. The van der Waals surface area contributed by atoms with E-state index in [4.69, 9.17) is 0 Å². The SMILES string of the molecule is Cc1cc(C(c2ccccc2O)C(c2ccccc2O)c2cc(C)c3cc(C(C)C)ccc(C)c2-3)c2c(C)ccc(C(C)C)cc1-2. The van der Waals surface area contributed by atoms with Crippen molar-refractivity contribution in [2.45, 2.75) is 79.1 Å². The Bertz CT molecular complexity index is 1830. The summed E-state index contributed by atoms with van der Waals surface area (Å²) >= 11 is 0. The summed E-state index contributed by atoms with van der Waals surface area (Å²) < 4.78 is 0. The fourth-order valence-electron chi connectivity index (χ4n) is 7.53. The first-order valence-corrected chi connectivity index (χ1v) is 16.6. The number of fused-ring (bicyclic) bond motifs is 2. The minimum Gasteiger partial charge on any atom is -0.508 e. The van der Waals surface area contributed by atoms with Crippen LogP contribution in [0.3, 0.4) is 0 Å². The molecule has 0 spiro atoms. The molecule has 0 aliphatic heterocycles. The molecule has 0 saturated heterocycles. The van der Waals surface area contributed by atoms with Gasteiger partial charge in [0, 0.05) is 23.0 Å². The van der Waals surface area contributed by atoms with E-state index in [2.05, 4.69) is 116 Å². The average molecular weight is 607 g/mol. The summed E-state index contributed by atoms with van der Waals surface area (Å²) in [6, 6.07) is 33.9.